The molecule has 1 saturated heterocycles. The van der Waals surface area contributed by atoms with Crippen molar-refractivity contribution in [1.29, 1.82) is 0 Å². The Labute approximate surface area is 152 Å². The molecule has 1 aliphatic carbocycles. The molecule has 1 heterocycles. The number of hydrogen-bond donors (Lipinski definition) is 0. The summed E-state index contributed by atoms with van der Waals surface area (Å²) in [6.07, 6.45) is 9.90. The van der Waals surface area contributed by atoms with E-state index in [-0.39, 0.29) is 0 Å². The molecular formula is C21H44N2O. The zero-order chi connectivity index (χ0) is 17.8. The molecule has 3 nitrogen and oxygen atoms in total. The monoisotopic (exact) mass is 340 g/mol. The van der Waals surface area contributed by atoms with Gasteiger partial charge in [-0.3, -0.25) is 4.90 Å². The fourth-order valence-electron chi connectivity index (χ4n) is 3.52. The fraction of sp³-hybridized carbons (Fsp3) is 1.00. The molecule has 0 N–H and O–H groups in total. The number of nitrogens with zero attached hydrogens (tertiary/aromatic N) is 2. The van der Waals surface area contributed by atoms with E-state index in [4.69, 9.17) is 4.74 Å². The predicted molar refractivity (Wildman–Crippen MR) is 106 cm³/mol. The Morgan fingerprint density at radius 3 is 2.21 bits per heavy atom. The molecule has 0 radical (unpaired) electrons. The van der Waals surface area contributed by atoms with E-state index >= 15 is 0 Å². The lowest BCUT2D eigenvalue weighted by atomic mass is 9.94. The van der Waals surface area contributed by atoms with Gasteiger partial charge in [0.25, 0.3) is 0 Å². The average molecular weight is 341 g/mol. The van der Waals surface area contributed by atoms with E-state index < -0.39 is 0 Å². The van der Waals surface area contributed by atoms with Crippen molar-refractivity contribution in [3.05, 3.63) is 0 Å². The number of ether oxygens (including phenoxy) is 1. The Balaban J connectivity index is 0.000000243. The molecule has 2 fully saturated rings. The third-order valence-corrected chi connectivity index (χ3v) is 5.63. The molecular weight excluding hydrogens is 296 g/mol. The van der Waals surface area contributed by atoms with Crippen LogP contribution < -0.4 is 0 Å². The van der Waals surface area contributed by atoms with Crippen LogP contribution in [0.25, 0.3) is 0 Å². The molecule has 1 atom stereocenters. The molecule has 24 heavy (non-hydrogen) atoms. The van der Waals surface area contributed by atoms with Gasteiger partial charge in [-0.2, -0.15) is 0 Å². The summed E-state index contributed by atoms with van der Waals surface area (Å²) in [4.78, 5) is 5.08. The van der Waals surface area contributed by atoms with E-state index in [1.807, 2.05) is 0 Å². The minimum atomic E-state index is 0.841. The zero-order valence-corrected chi connectivity index (χ0v) is 17.2. The maximum atomic E-state index is 5.27. The number of rotatable bonds is 7. The van der Waals surface area contributed by atoms with Crippen molar-refractivity contribution in [2.75, 3.05) is 46.4 Å². The minimum Gasteiger partial charge on any atom is -0.379 e. The van der Waals surface area contributed by atoms with Crippen LogP contribution in [-0.2, 0) is 4.74 Å². The second-order valence-electron chi connectivity index (χ2n) is 8.38. The maximum absolute atomic E-state index is 5.27. The van der Waals surface area contributed by atoms with Crippen LogP contribution in [0.4, 0.5) is 0 Å². The molecule has 3 heteroatoms. The van der Waals surface area contributed by atoms with Crippen LogP contribution in [0.2, 0.25) is 0 Å². The largest absolute Gasteiger partial charge is 0.379 e. The summed E-state index contributed by atoms with van der Waals surface area (Å²) >= 11 is 0. The Hall–Kier alpha value is -0.120. The van der Waals surface area contributed by atoms with Crippen LogP contribution in [0.1, 0.15) is 72.6 Å². The minimum absolute atomic E-state index is 0.841. The fourth-order valence-corrected chi connectivity index (χ4v) is 3.52. The van der Waals surface area contributed by atoms with Crippen molar-refractivity contribution < 1.29 is 4.74 Å². The molecule has 0 aromatic rings. The Morgan fingerprint density at radius 1 is 1.04 bits per heavy atom. The lowest BCUT2D eigenvalue weighted by molar-refractivity contribution is 0.0316. The molecule has 0 spiro atoms. The number of morpholine rings is 1. The van der Waals surface area contributed by atoms with E-state index in [0.29, 0.717) is 0 Å². The SMILES string of the molecule is CC(C)CCN(C)C1CCCCC1.CCC(C)CN1CCOCC1. The summed E-state index contributed by atoms with van der Waals surface area (Å²) in [6, 6.07) is 0.896. The van der Waals surface area contributed by atoms with E-state index in [0.717, 1.165) is 44.2 Å². The van der Waals surface area contributed by atoms with E-state index in [1.165, 1.54) is 58.0 Å². The highest BCUT2D eigenvalue weighted by Gasteiger charge is 2.17. The van der Waals surface area contributed by atoms with Crippen molar-refractivity contribution in [2.45, 2.75) is 78.7 Å². The molecule has 2 rings (SSSR count). The second kappa shape index (κ2) is 13.1. The molecule has 0 amide bonds. The molecule has 1 unspecified atom stereocenters. The average Bonchev–Trinajstić information content (AvgIpc) is 2.61. The first-order valence-corrected chi connectivity index (χ1v) is 10.5. The van der Waals surface area contributed by atoms with Crippen LogP contribution in [0.3, 0.4) is 0 Å². The quantitative estimate of drug-likeness (QED) is 0.670. The van der Waals surface area contributed by atoms with Crippen LogP contribution in [0.15, 0.2) is 0 Å². The topological polar surface area (TPSA) is 15.7 Å². The van der Waals surface area contributed by atoms with Crippen LogP contribution in [0.5, 0.6) is 0 Å². The van der Waals surface area contributed by atoms with Gasteiger partial charge in [0.05, 0.1) is 13.2 Å². The molecule has 144 valence electrons. The van der Waals surface area contributed by atoms with Gasteiger partial charge in [0.15, 0.2) is 0 Å². The van der Waals surface area contributed by atoms with Crippen molar-refractivity contribution in [3.8, 4) is 0 Å². The Kier molecular flexibility index (Phi) is 12.0. The Bertz CT molecular complexity index is 284. The van der Waals surface area contributed by atoms with Crippen molar-refractivity contribution in [1.82, 2.24) is 9.80 Å². The highest BCUT2D eigenvalue weighted by Crippen LogP contribution is 2.21. The van der Waals surface area contributed by atoms with Crippen LogP contribution in [0, 0.1) is 11.8 Å². The van der Waals surface area contributed by atoms with Gasteiger partial charge < -0.3 is 9.64 Å². The molecule has 1 aliphatic heterocycles. The summed E-state index contributed by atoms with van der Waals surface area (Å²) in [5, 5.41) is 0. The molecule has 2 aliphatic rings. The highest BCUT2D eigenvalue weighted by molar-refractivity contribution is 4.73. The lowest BCUT2D eigenvalue weighted by Gasteiger charge is -2.31. The molecule has 0 aromatic carbocycles. The van der Waals surface area contributed by atoms with Crippen LogP contribution in [-0.4, -0.2) is 62.3 Å². The standard InChI is InChI=1S/C12H25N.C9H19NO/c1-11(2)9-10-13(3)12-7-5-4-6-8-12;1-3-9(2)8-10-4-6-11-7-5-10/h11-12H,4-10H2,1-3H3;9H,3-8H2,1-2H3. The zero-order valence-electron chi connectivity index (χ0n) is 17.2. The van der Waals surface area contributed by atoms with Gasteiger partial charge in [-0.1, -0.05) is 53.4 Å². The summed E-state index contributed by atoms with van der Waals surface area (Å²) in [6.45, 7) is 15.9. The first-order valence-electron chi connectivity index (χ1n) is 10.5. The smallest absolute Gasteiger partial charge is 0.0594 e. The molecule has 0 aromatic heterocycles. The summed E-state index contributed by atoms with van der Waals surface area (Å²) < 4.78 is 5.27. The summed E-state index contributed by atoms with van der Waals surface area (Å²) in [5.74, 6) is 1.69. The number of hydrogen-bond acceptors (Lipinski definition) is 3. The van der Waals surface area contributed by atoms with E-state index in [9.17, 15) is 0 Å². The van der Waals surface area contributed by atoms with Crippen molar-refractivity contribution in [3.63, 3.8) is 0 Å². The van der Waals surface area contributed by atoms with Gasteiger partial charge in [0, 0.05) is 25.7 Å². The molecule has 1 saturated carbocycles. The van der Waals surface area contributed by atoms with Crippen molar-refractivity contribution in [2.24, 2.45) is 11.8 Å². The first kappa shape index (κ1) is 21.9. The predicted octanol–water partition coefficient (Wildman–Crippen LogP) is 4.66. The van der Waals surface area contributed by atoms with Gasteiger partial charge in [-0.05, 0) is 44.7 Å². The highest BCUT2D eigenvalue weighted by atomic mass is 16.5. The van der Waals surface area contributed by atoms with Gasteiger partial charge in [-0.15, -0.1) is 0 Å². The van der Waals surface area contributed by atoms with E-state index in [1.54, 1.807) is 0 Å². The third-order valence-electron chi connectivity index (χ3n) is 5.63. The third kappa shape index (κ3) is 10.0. The lowest BCUT2D eigenvalue weighted by Crippen LogP contribution is -2.38. The van der Waals surface area contributed by atoms with Crippen LogP contribution >= 0.6 is 0 Å². The van der Waals surface area contributed by atoms with Crippen molar-refractivity contribution >= 4 is 0 Å². The van der Waals surface area contributed by atoms with Gasteiger partial charge in [0.2, 0.25) is 0 Å². The summed E-state index contributed by atoms with van der Waals surface area (Å²) in [7, 11) is 2.30. The van der Waals surface area contributed by atoms with Gasteiger partial charge in [0.1, 0.15) is 0 Å². The Morgan fingerprint density at radius 2 is 1.67 bits per heavy atom. The second-order valence-corrected chi connectivity index (χ2v) is 8.38. The first-order chi connectivity index (χ1) is 11.5. The summed E-state index contributed by atoms with van der Waals surface area (Å²) in [5.41, 5.74) is 0. The van der Waals surface area contributed by atoms with Gasteiger partial charge in [-0.25, -0.2) is 0 Å². The van der Waals surface area contributed by atoms with Gasteiger partial charge >= 0.3 is 0 Å². The maximum Gasteiger partial charge on any atom is 0.0594 e. The normalized spacial score (nSPS) is 21.6. The van der Waals surface area contributed by atoms with E-state index in [2.05, 4.69) is 44.5 Å². The molecule has 0 bridgehead atoms.